The molecule has 0 saturated carbocycles. The van der Waals surface area contributed by atoms with Crippen LogP contribution >= 0.6 is 0 Å². The molecule has 1 heterocycles. The Morgan fingerprint density at radius 3 is 2.21 bits per heavy atom. The van der Waals surface area contributed by atoms with Crippen LogP contribution in [0.2, 0.25) is 0 Å². The molecule has 0 amide bonds. The van der Waals surface area contributed by atoms with Gasteiger partial charge in [-0.3, -0.25) is 4.31 Å². The summed E-state index contributed by atoms with van der Waals surface area (Å²) in [7, 11) is -7.17. The predicted octanol–water partition coefficient (Wildman–Crippen LogP) is 3.33. The van der Waals surface area contributed by atoms with Crippen molar-refractivity contribution in [2.24, 2.45) is 0 Å². The number of aryl methyl sites for hydroxylation is 1. The van der Waals surface area contributed by atoms with Crippen LogP contribution in [-0.4, -0.2) is 34.5 Å². The summed E-state index contributed by atoms with van der Waals surface area (Å²) in [5.74, 6) is -1.70. The maximum Gasteiger partial charge on any atom is 0.335 e. The van der Waals surface area contributed by atoms with Gasteiger partial charge in [0.2, 0.25) is 10.9 Å². The summed E-state index contributed by atoms with van der Waals surface area (Å²) in [6, 6.07) is 14.5. The van der Waals surface area contributed by atoms with Crippen LogP contribution in [0.1, 0.15) is 22.3 Å². The summed E-state index contributed by atoms with van der Waals surface area (Å²) < 4.78 is 66.2. The Balaban J connectivity index is 1.78. The summed E-state index contributed by atoms with van der Waals surface area (Å²) in [5.41, 5.74) is 1.49. The maximum atomic E-state index is 13.3. The van der Waals surface area contributed by atoms with Crippen molar-refractivity contribution in [3.63, 3.8) is 0 Å². The molecule has 1 aliphatic rings. The molecule has 0 unspecified atom stereocenters. The molecule has 1 N–H and O–H groups in total. The Hall–Kier alpha value is -3.44. The molecule has 3 aromatic carbocycles. The van der Waals surface area contributed by atoms with E-state index in [2.05, 4.69) is 0 Å². The summed E-state index contributed by atoms with van der Waals surface area (Å²) in [5, 5.41) is 9.07. The summed E-state index contributed by atoms with van der Waals surface area (Å²) in [4.78, 5) is 11.0. The Kier molecular flexibility index (Phi) is 6.09. The number of nitrogens with zero attached hydrogens (tertiary/aromatic N) is 2. The lowest BCUT2D eigenvalue weighted by molar-refractivity contribution is 0.0697. The number of anilines is 3. The number of hydrogen-bond donors (Lipinski definition) is 2. The van der Waals surface area contributed by atoms with Crippen LogP contribution < -0.4 is 8.61 Å². The van der Waals surface area contributed by atoms with Crippen LogP contribution in [0.25, 0.3) is 0 Å². The van der Waals surface area contributed by atoms with Crippen LogP contribution in [0.3, 0.4) is 0 Å². The van der Waals surface area contributed by atoms with Crippen molar-refractivity contribution >= 4 is 43.9 Å². The molecule has 172 valence electrons. The maximum absolute atomic E-state index is 13.3. The normalized spacial score (nSPS) is 13.6. The SMILES string of the molecule is O=C(O)c1ccc(N(c2ccc3c(c2)N(S(=O)(=O)c2ccc(F)cc2)CCC3)[SH](=O)=O)cc1. The zero-order valence-corrected chi connectivity index (χ0v) is 18.8. The molecule has 0 saturated heterocycles. The van der Waals surface area contributed by atoms with Crippen molar-refractivity contribution < 1.29 is 31.1 Å². The highest BCUT2D eigenvalue weighted by Crippen LogP contribution is 2.37. The molecular formula is C22H19FN2O6S2. The van der Waals surface area contributed by atoms with Gasteiger partial charge in [0.05, 0.1) is 27.5 Å². The van der Waals surface area contributed by atoms with E-state index in [9.17, 15) is 26.0 Å². The third-order valence-electron chi connectivity index (χ3n) is 5.31. The van der Waals surface area contributed by atoms with E-state index in [-0.39, 0.29) is 28.4 Å². The quantitative estimate of drug-likeness (QED) is 0.513. The second-order valence-electron chi connectivity index (χ2n) is 7.35. The highest BCUT2D eigenvalue weighted by Gasteiger charge is 2.30. The second-order valence-corrected chi connectivity index (χ2v) is 10.1. The van der Waals surface area contributed by atoms with Crippen molar-refractivity contribution in [1.82, 2.24) is 0 Å². The molecular weight excluding hydrogens is 471 g/mol. The number of carboxylic acid groups (broad SMARTS) is 1. The van der Waals surface area contributed by atoms with Gasteiger partial charge in [0.15, 0.2) is 0 Å². The first kappa shape index (κ1) is 22.7. The number of hydrogen-bond acceptors (Lipinski definition) is 5. The monoisotopic (exact) mass is 490 g/mol. The predicted molar refractivity (Wildman–Crippen MR) is 122 cm³/mol. The van der Waals surface area contributed by atoms with Crippen molar-refractivity contribution in [1.29, 1.82) is 0 Å². The number of thiol groups is 1. The number of rotatable bonds is 6. The number of aromatic carboxylic acids is 1. The van der Waals surface area contributed by atoms with Crippen LogP contribution in [0.5, 0.6) is 0 Å². The molecule has 0 aliphatic carbocycles. The Morgan fingerprint density at radius 1 is 0.970 bits per heavy atom. The van der Waals surface area contributed by atoms with Gasteiger partial charge >= 0.3 is 5.97 Å². The van der Waals surface area contributed by atoms with Gasteiger partial charge in [-0.2, -0.15) is 0 Å². The van der Waals surface area contributed by atoms with E-state index in [1.165, 1.54) is 46.8 Å². The number of sulfonamides is 1. The lowest BCUT2D eigenvalue weighted by atomic mass is 10.0. The van der Waals surface area contributed by atoms with Crippen molar-refractivity contribution in [2.45, 2.75) is 17.7 Å². The molecule has 0 spiro atoms. The fourth-order valence-corrected chi connectivity index (χ4v) is 5.90. The highest BCUT2D eigenvalue weighted by atomic mass is 32.2. The first-order valence-corrected chi connectivity index (χ1v) is 12.4. The molecule has 0 bridgehead atoms. The van der Waals surface area contributed by atoms with Crippen LogP contribution in [0, 0.1) is 5.82 Å². The van der Waals surface area contributed by atoms with E-state index in [4.69, 9.17) is 5.11 Å². The molecule has 0 atom stereocenters. The van der Waals surface area contributed by atoms with Crippen molar-refractivity contribution in [3.05, 3.63) is 83.7 Å². The van der Waals surface area contributed by atoms with Gasteiger partial charge in [-0.25, -0.2) is 30.3 Å². The molecule has 8 nitrogen and oxygen atoms in total. The number of benzene rings is 3. The summed E-state index contributed by atoms with van der Waals surface area (Å²) in [6.45, 7) is 0.187. The number of carbonyl (C=O) groups is 1. The van der Waals surface area contributed by atoms with Gasteiger partial charge in [-0.05, 0) is 79.1 Å². The average Bonchev–Trinajstić information content (AvgIpc) is 2.79. The van der Waals surface area contributed by atoms with Gasteiger partial charge in [0.25, 0.3) is 10.0 Å². The van der Waals surface area contributed by atoms with E-state index in [0.717, 1.165) is 22.0 Å². The van der Waals surface area contributed by atoms with Gasteiger partial charge < -0.3 is 5.11 Å². The molecule has 1 aliphatic heterocycles. The minimum absolute atomic E-state index is 0.00170. The van der Waals surface area contributed by atoms with Gasteiger partial charge in [-0.15, -0.1) is 0 Å². The lowest BCUT2D eigenvalue weighted by Gasteiger charge is -2.31. The third-order valence-corrected chi connectivity index (χ3v) is 7.93. The van der Waals surface area contributed by atoms with Crippen LogP contribution in [0.15, 0.2) is 71.6 Å². The fraction of sp³-hybridized carbons (Fsp3) is 0.136. The van der Waals surface area contributed by atoms with E-state index in [1.807, 2.05) is 0 Å². The van der Waals surface area contributed by atoms with E-state index in [0.29, 0.717) is 18.5 Å². The minimum Gasteiger partial charge on any atom is -0.478 e. The molecule has 33 heavy (non-hydrogen) atoms. The molecule has 0 fully saturated rings. The summed E-state index contributed by atoms with van der Waals surface area (Å²) in [6.07, 6.45) is 1.19. The van der Waals surface area contributed by atoms with E-state index in [1.54, 1.807) is 12.1 Å². The fourth-order valence-electron chi connectivity index (χ4n) is 3.73. The number of fused-ring (bicyclic) bond motifs is 1. The lowest BCUT2D eigenvalue weighted by Crippen LogP contribution is -2.35. The van der Waals surface area contributed by atoms with Crippen molar-refractivity contribution in [3.8, 4) is 0 Å². The largest absolute Gasteiger partial charge is 0.478 e. The molecule has 0 radical (unpaired) electrons. The smallest absolute Gasteiger partial charge is 0.335 e. The minimum atomic E-state index is -4.00. The van der Waals surface area contributed by atoms with E-state index >= 15 is 0 Å². The first-order chi connectivity index (χ1) is 15.7. The van der Waals surface area contributed by atoms with Crippen molar-refractivity contribution in [2.75, 3.05) is 15.2 Å². The number of carboxylic acids is 1. The Bertz CT molecular complexity index is 1380. The number of halogens is 1. The van der Waals surface area contributed by atoms with Gasteiger partial charge in [0, 0.05) is 6.54 Å². The Morgan fingerprint density at radius 2 is 1.61 bits per heavy atom. The second kappa shape index (κ2) is 8.83. The molecule has 11 heteroatoms. The van der Waals surface area contributed by atoms with Crippen LogP contribution in [0.4, 0.5) is 21.5 Å². The third kappa shape index (κ3) is 4.41. The zero-order chi connectivity index (χ0) is 23.8. The summed E-state index contributed by atoms with van der Waals surface area (Å²) >= 11 is 0. The topological polar surface area (TPSA) is 112 Å². The molecule has 0 aromatic heterocycles. The van der Waals surface area contributed by atoms with Crippen LogP contribution in [-0.2, 0) is 27.3 Å². The Labute approximate surface area is 191 Å². The standard InChI is InChI=1S/C22H19FN2O6S2/c23-17-6-11-20(12-7-17)33(30,31)24-13-1-2-15-3-10-19(14-21(15)24)25(32(28)29)18-8-4-16(5-9-18)22(26)27/h3-12,14,32H,1-2,13H2,(H,26,27). The molecule has 3 aromatic rings. The first-order valence-electron chi connectivity index (χ1n) is 9.87. The van der Waals surface area contributed by atoms with Gasteiger partial charge in [-0.1, -0.05) is 6.07 Å². The van der Waals surface area contributed by atoms with Gasteiger partial charge in [0.1, 0.15) is 5.82 Å². The average molecular weight is 491 g/mol. The zero-order valence-electron chi connectivity index (χ0n) is 17.1. The van der Waals surface area contributed by atoms with E-state index < -0.39 is 32.7 Å². The highest BCUT2D eigenvalue weighted by molar-refractivity contribution is 7.92. The molecule has 4 rings (SSSR count).